The number of hydrogen-bond donors (Lipinski definition) is 0. The van der Waals surface area contributed by atoms with Crippen molar-refractivity contribution in [3.63, 3.8) is 0 Å². The minimum atomic E-state index is 0.0413. The summed E-state index contributed by atoms with van der Waals surface area (Å²) in [7, 11) is 4.20. The van der Waals surface area contributed by atoms with Gasteiger partial charge in [0, 0.05) is 29.6 Å². The van der Waals surface area contributed by atoms with Gasteiger partial charge in [-0.2, -0.15) is 0 Å². The first-order valence-electron chi connectivity index (χ1n) is 6.11. The van der Waals surface area contributed by atoms with Gasteiger partial charge >= 0.3 is 0 Å². The molecule has 1 radical (unpaired) electrons. The first-order chi connectivity index (χ1) is 8.51. The van der Waals surface area contributed by atoms with Gasteiger partial charge in [0.2, 0.25) is 0 Å². The normalized spacial score (nSPS) is 11.8. The summed E-state index contributed by atoms with van der Waals surface area (Å²) < 4.78 is 0. The van der Waals surface area contributed by atoms with Crippen molar-refractivity contribution in [2.75, 3.05) is 14.1 Å². The van der Waals surface area contributed by atoms with Crippen LogP contribution in [0.25, 0.3) is 11.1 Å². The Morgan fingerprint density at radius 1 is 1.06 bits per heavy atom. The van der Waals surface area contributed by atoms with Crippen LogP contribution in [0.3, 0.4) is 0 Å². The van der Waals surface area contributed by atoms with Gasteiger partial charge < -0.3 is 4.90 Å². The fourth-order valence-corrected chi connectivity index (χ4v) is 1.81. The predicted molar refractivity (Wildman–Crippen MR) is 75.2 cm³/mol. The molecule has 0 aliphatic heterocycles. The summed E-state index contributed by atoms with van der Waals surface area (Å²) in [6.45, 7) is 4.44. The third-order valence-electron chi connectivity index (χ3n) is 3.64. The van der Waals surface area contributed by atoms with E-state index in [2.05, 4.69) is 68.2 Å². The molecule has 2 aromatic rings. The molecular weight excluding hydrogens is 220 g/mol. The van der Waals surface area contributed by atoms with E-state index in [9.17, 15) is 0 Å². The standard InChI is InChI=1S/C16H19N2/c1-16(2,18(3)4)15-9-7-13(8-10-15)14-6-5-11-17-12-14/h6-12H,1-4H3. The van der Waals surface area contributed by atoms with Crippen molar-refractivity contribution >= 4 is 0 Å². The summed E-state index contributed by atoms with van der Waals surface area (Å²) in [4.78, 5) is 6.32. The van der Waals surface area contributed by atoms with Gasteiger partial charge in [0.25, 0.3) is 0 Å². The highest BCUT2D eigenvalue weighted by molar-refractivity contribution is 5.62. The Hall–Kier alpha value is -1.67. The number of benzene rings is 1. The lowest BCUT2D eigenvalue weighted by Gasteiger charge is -2.33. The Bertz CT molecular complexity index is 498. The van der Waals surface area contributed by atoms with Crippen LogP contribution in [0.2, 0.25) is 0 Å². The molecule has 0 saturated heterocycles. The van der Waals surface area contributed by atoms with Gasteiger partial charge in [0.1, 0.15) is 0 Å². The van der Waals surface area contributed by atoms with Crippen LogP contribution in [0, 0.1) is 6.07 Å². The van der Waals surface area contributed by atoms with Crippen molar-refractivity contribution in [2.45, 2.75) is 19.4 Å². The van der Waals surface area contributed by atoms with Crippen LogP contribution in [-0.4, -0.2) is 24.0 Å². The Balaban J connectivity index is 2.32. The summed E-state index contributed by atoms with van der Waals surface area (Å²) in [6.07, 6.45) is 3.54. The largest absolute Gasteiger partial charge is 0.300 e. The highest BCUT2D eigenvalue weighted by atomic mass is 15.1. The molecule has 0 amide bonds. The van der Waals surface area contributed by atoms with E-state index in [0.717, 1.165) is 5.56 Å². The maximum atomic E-state index is 4.10. The molecule has 0 fully saturated rings. The molecule has 0 unspecified atom stereocenters. The minimum absolute atomic E-state index is 0.0413. The topological polar surface area (TPSA) is 16.1 Å². The Labute approximate surface area is 109 Å². The molecule has 2 heteroatoms. The number of pyridine rings is 1. The molecule has 0 aliphatic carbocycles. The zero-order valence-electron chi connectivity index (χ0n) is 11.4. The van der Waals surface area contributed by atoms with Crippen LogP contribution in [-0.2, 0) is 5.54 Å². The van der Waals surface area contributed by atoms with Crippen LogP contribution in [0.1, 0.15) is 19.4 Å². The minimum Gasteiger partial charge on any atom is -0.300 e. The van der Waals surface area contributed by atoms with Crippen molar-refractivity contribution in [1.82, 2.24) is 9.88 Å². The van der Waals surface area contributed by atoms with E-state index in [0.29, 0.717) is 0 Å². The molecule has 0 bridgehead atoms. The Morgan fingerprint density at radius 2 is 1.72 bits per heavy atom. The predicted octanol–water partition coefficient (Wildman–Crippen LogP) is 3.35. The molecule has 0 atom stereocenters. The maximum Gasteiger partial charge on any atom is 0.0398 e. The highest BCUT2D eigenvalue weighted by Crippen LogP contribution is 2.27. The Morgan fingerprint density at radius 3 is 2.22 bits per heavy atom. The SMILES string of the molecule is CN(C)C(C)(C)c1ccc(-c2c[c]cnc2)cc1. The number of rotatable bonds is 3. The van der Waals surface area contributed by atoms with Gasteiger partial charge in [-0.25, -0.2) is 0 Å². The molecule has 18 heavy (non-hydrogen) atoms. The average Bonchev–Trinajstić information content (AvgIpc) is 2.40. The molecule has 2 rings (SSSR count). The molecule has 0 saturated carbocycles. The highest BCUT2D eigenvalue weighted by Gasteiger charge is 2.22. The van der Waals surface area contributed by atoms with Crippen LogP contribution < -0.4 is 0 Å². The van der Waals surface area contributed by atoms with Crippen molar-refractivity contribution < 1.29 is 0 Å². The fraction of sp³-hybridized carbons (Fsp3) is 0.312. The lowest BCUT2D eigenvalue weighted by molar-refractivity contribution is 0.198. The van der Waals surface area contributed by atoms with Crippen molar-refractivity contribution in [3.05, 3.63) is 54.4 Å². The summed E-state index contributed by atoms with van der Waals surface area (Å²) in [5.74, 6) is 0. The van der Waals surface area contributed by atoms with Crippen LogP contribution in [0.4, 0.5) is 0 Å². The van der Waals surface area contributed by atoms with Gasteiger partial charge in [-0.1, -0.05) is 24.3 Å². The van der Waals surface area contributed by atoms with Crippen molar-refractivity contribution in [1.29, 1.82) is 0 Å². The number of hydrogen-bond acceptors (Lipinski definition) is 2. The molecular formula is C16H19N2. The lowest BCUT2D eigenvalue weighted by atomic mass is 9.91. The van der Waals surface area contributed by atoms with Gasteiger partial charge in [0.05, 0.1) is 0 Å². The molecule has 0 spiro atoms. The molecule has 2 nitrogen and oxygen atoms in total. The maximum absolute atomic E-state index is 4.10. The van der Waals surface area contributed by atoms with Crippen LogP contribution >= 0.6 is 0 Å². The second-order valence-corrected chi connectivity index (χ2v) is 5.20. The quantitative estimate of drug-likeness (QED) is 0.816. The summed E-state index contributed by atoms with van der Waals surface area (Å²) in [5, 5.41) is 0. The fourth-order valence-electron chi connectivity index (χ4n) is 1.81. The van der Waals surface area contributed by atoms with E-state index >= 15 is 0 Å². The van der Waals surface area contributed by atoms with E-state index in [1.807, 2.05) is 12.3 Å². The van der Waals surface area contributed by atoms with Gasteiger partial charge in [-0.05, 0) is 45.1 Å². The molecule has 1 heterocycles. The summed E-state index contributed by atoms with van der Waals surface area (Å²) in [5.41, 5.74) is 3.63. The third-order valence-corrected chi connectivity index (χ3v) is 3.64. The molecule has 93 valence electrons. The summed E-state index contributed by atoms with van der Waals surface area (Å²) >= 11 is 0. The van der Waals surface area contributed by atoms with E-state index in [4.69, 9.17) is 0 Å². The van der Waals surface area contributed by atoms with Crippen LogP contribution in [0.15, 0.2) is 42.7 Å². The smallest absolute Gasteiger partial charge is 0.0398 e. The van der Waals surface area contributed by atoms with E-state index in [1.165, 1.54) is 11.1 Å². The van der Waals surface area contributed by atoms with Gasteiger partial charge in [-0.3, -0.25) is 4.98 Å². The zero-order valence-corrected chi connectivity index (χ0v) is 11.4. The van der Waals surface area contributed by atoms with Crippen LogP contribution in [0.5, 0.6) is 0 Å². The molecule has 1 aromatic carbocycles. The molecule has 0 N–H and O–H groups in total. The average molecular weight is 239 g/mol. The van der Waals surface area contributed by atoms with Crippen molar-refractivity contribution in [3.8, 4) is 11.1 Å². The van der Waals surface area contributed by atoms with E-state index in [-0.39, 0.29) is 5.54 Å². The second kappa shape index (κ2) is 4.91. The van der Waals surface area contributed by atoms with Gasteiger partial charge in [-0.15, -0.1) is 0 Å². The molecule has 0 aliphatic rings. The third kappa shape index (κ3) is 2.44. The Kier molecular flexibility index (Phi) is 3.48. The lowest BCUT2D eigenvalue weighted by Crippen LogP contribution is -2.35. The first kappa shape index (κ1) is 12.8. The summed E-state index contributed by atoms with van der Waals surface area (Å²) in [6, 6.07) is 13.6. The van der Waals surface area contributed by atoms with Gasteiger partial charge in [0.15, 0.2) is 0 Å². The second-order valence-electron chi connectivity index (χ2n) is 5.20. The monoisotopic (exact) mass is 239 g/mol. The number of aromatic nitrogens is 1. The van der Waals surface area contributed by atoms with E-state index < -0.39 is 0 Å². The van der Waals surface area contributed by atoms with E-state index in [1.54, 1.807) is 6.20 Å². The molecule has 1 aromatic heterocycles. The van der Waals surface area contributed by atoms with Crippen molar-refractivity contribution in [2.24, 2.45) is 0 Å². The first-order valence-corrected chi connectivity index (χ1v) is 6.11. The zero-order chi connectivity index (χ0) is 13.2. The number of nitrogens with zero attached hydrogens (tertiary/aromatic N) is 2.